The summed E-state index contributed by atoms with van der Waals surface area (Å²) in [5.41, 5.74) is 0.917. The van der Waals surface area contributed by atoms with E-state index >= 15 is 0 Å². The zero-order chi connectivity index (χ0) is 17.3. The first kappa shape index (κ1) is 16.4. The number of rotatable bonds is 3. The molecular formula is C17H12F4N2S. The van der Waals surface area contributed by atoms with E-state index in [1.54, 1.807) is 18.5 Å². The van der Waals surface area contributed by atoms with Gasteiger partial charge in [0, 0.05) is 22.8 Å². The van der Waals surface area contributed by atoms with E-state index in [1.807, 2.05) is 0 Å². The van der Waals surface area contributed by atoms with Crippen LogP contribution in [0.1, 0.15) is 11.1 Å². The Morgan fingerprint density at radius 1 is 1.08 bits per heavy atom. The summed E-state index contributed by atoms with van der Waals surface area (Å²) in [5.74, 6) is -0.403. The highest BCUT2D eigenvalue weighted by Gasteiger charge is 2.31. The van der Waals surface area contributed by atoms with E-state index in [4.69, 9.17) is 0 Å². The largest absolute Gasteiger partial charge is 0.416 e. The van der Waals surface area contributed by atoms with Gasteiger partial charge in [0.15, 0.2) is 5.13 Å². The lowest BCUT2D eigenvalue weighted by Crippen LogP contribution is -2.06. The summed E-state index contributed by atoms with van der Waals surface area (Å²) in [5, 5.41) is 5.33. The smallest absolute Gasteiger partial charge is 0.331 e. The van der Waals surface area contributed by atoms with Crippen molar-refractivity contribution in [3.05, 3.63) is 64.9 Å². The lowest BCUT2D eigenvalue weighted by molar-refractivity contribution is -0.137. The number of aryl methyl sites for hydroxylation is 1. The molecule has 0 atom stereocenters. The number of hydrogen-bond acceptors (Lipinski definition) is 3. The fourth-order valence-electron chi connectivity index (χ4n) is 2.28. The molecule has 3 rings (SSSR count). The minimum absolute atomic E-state index is 0.336. The fraction of sp³-hybridized carbons (Fsp3) is 0.118. The summed E-state index contributed by atoms with van der Waals surface area (Å²) in [6.45, 7) is 1.57. The van der Waals surface area contributed by atoms with Crippen molar-refractivity contribution < 1.29 is 17.6 Å². The van der Waals surface area contributed by atoms with Crippen LogP contribution in [0.15, 0.2) is 48.0 Å². The van der Waals surface area contributed by atoms with Gasteiger partial charge in [0.1, 0.15) is 5.82 Å². The van der Waals surface area contributed by atoms with Gasteiger partial charge in [-0.25, -0.2) is 9.37 Å². The number of halogens is 4. The minimum Gasteiger partial charge on any atom is -0.331 e. The van der Waals surface area contributed by atoms with Crippen molar-refractivity contribution in [3.63, 3.8) is 0 Å². The molecule has 0 unspecified atom stereocenters. The molecule has 24 heavy (non-hydrogen) atoms. The van der Waals surface area contributed by atoms with Gasteiger partial charge in [-0.1, -0.05) is 6.07 Å². The van der Waals surface area contributed by atoms with Gasteiger partial charge in [-0.2, -0.15) is 13.2 Å². The molecule has 0 fully saturated rings. The molecule has 0 saturated heterocycles. The molecule has 0 aliphatic rings. The Kier molecular flexibility index (Phi) is 4.28. The van der Waals surface area contributed by atoms with E-state index in [2.05, 4.69) is 10.3 Å². The standard InChI is InChI=1S/C17H12F4N2S/c1-10-8-11(2-4-14(10)18)13-9-12(17(19,20)21)3-5-15(13)23-16-22-6-7-24-16/h2-9H,1H3,(H,22,23). The van der Waals surface area contributed by atoms with Crippen molar-refractivity contribution >= 4 is 22.2 Å². The molecule has 0 aliphatic carbocycles. The van der Waals surface area contributed by atoms with Crippen LogP contribution in [0.5, 0.6) is 0 Å². The first-order valence-corrected chi connectivity index (χ1v) is 7.87. The highest BCUT2D eigenvalue weighted by atomic mass is 32.1. The van der Waals surface area contributed by atoms with Gasteiger partial charge in [0.25, 0.3) is 0 Å². The van der Waals surface area contributed by atoms with Crippen LogP contribution in [-0.2, 0) is 6.18 Å². The second kappa shape index (κ2) is 6.24. The number of aromatic nitrogens is 1. The monoisotopic (exact) mass is 352 g/mol. The van der Waals surface area contributed by atoms with E-state index in [9.17, 15) is 17.6 Å². The third kappa shape index (κ3) is 3.41. The summed E-state index contributed by atoms with van der Waals surface area (Å²) in [6.07, 6.45) is -2.86. The summed E-state index contributed by atoms with van der Waals surface area (Å²) in [6, 6.07) is 7.66. The maximum absolute atomic E-state index is 13.5. The van der Waals surface area contributed by atoms with Crippen LogP contribution in [-0.4, -0.2) is 4.98 Å². The maximum atomic E-state index is 13.5. The fourth-order valence-corrected chi connectivity index (χ4v) is 2.82. The van der Waals surface area contributed by atoms with Gasteiger partial charge in [-0.05, 0) is 48.4 Å². The van der Waals surface area contributed by atoms with Crippen LogP contribution in [0.2, 0.25) is 0 Å². The lowest BCUT2D eigenvalue weighted by Gasteiger charge is -2.15. The van der Waals surface area contributed by atoms with Gasteiger partial charge in [-0.15, -0.1) is 11.3 Å². The minimum atomic E-state index is -4.45. The third-order valence-electron chi connectivity index (χ3n) is 3.49. The van der Waals surface area contributed by atoms with Crippen LogP contribution < -0.4 is 5.32 Å². The van der Waals surface area contributed by atoms with E-state index in [-0.39, 0.29) is 0 Å². The molecule has 2 nitrogen and oxygen atoms in total. The number of thiazole rings is 1. The number of nitrogens with one attached hydrogen (secondary N) is 1. The Hall–Kier alpha value is -2.41. The SMILES string of the molecule is Cc1cc(-c2cc(C(F)(F)F)ccc2Nc2nccs2)ccc1F. The van der Waals surface area contributed by atoms with E-state index in [0.717, 1.165) is 12.1 Å². The molecule has 0 saturated carbocycles. The summed E-state index contributed by atoms with van der Waals surface area (Å²) >= 11 is 1.33. The molecule has 0 bridgehead atoms. The zero-order valence-corrected chi connectivity index (χ0v) is 13.3. The van der Waals surface area contributed by atoms with Gasteiger partial charge in [0.05, 0.1) is 5.56 Å². The maximum Gasteiger partial charge on any atom is 0.416 e. The highest BCUT2D eigenvalue weighted by Crippen LogP contribution is 2.37. The Bertz CT molecular complexity index is 858. The van der Waals surface area contributed by atoms with Crippen LogP contribution in [0.4, 0.5) is 28.4 Å². The first-order valence-electron chi connectivity index (χ1n) is 6.99. The average molecular weight is 352 g/mol. The Balaban J connectivity index is 2.12. The predicted octanol–water partition coefficient (Wildman–Crippen LogP) is 6.02. The second-order valence-electron chi connectivity index (χ2n) is 5.18. The molecule has 1 heterocycles. The topological polar surface area (TPSA) is 24.9 Å². The van der Waals surface area contributed by atoms with Gasteiger partial charge in [0.2, 0.25) is 0 Å². The number of alkyl halides is 3. The Labute approximate surface area is 139 Å². The van der Waals surface area contributed by atoms with Gasteiger partial charge >= 0.3 is 6.18 Å². The normalized spacial score (nSPS) is 11.5. The molecule has 0 spiro atoms. The molecule has 0 amide bonds. The molecular weight excluding hydrogens is 340 g/mol. The van der Waals surface area contributed by atoms with Crippen molar-refractivity contribution in [2.24, 2.45) is 0 Å². The molecule has 0 aliphatic heterocycles. The molecule has 1 aromatic heterocycles. The van der Waals surface area contributed by atoms with Gasteiger partial charge in [-0.3, -0.25) is 0 Å². The van der Waals surface area contributed by atoms with Crippen molar-refractivity contribution in [3.8, 4) is 11.1 Å². The van der Waals surface area contributed by atoms with E-state index in [1.165, 1.54) is 35.6 Å². The van der Waals surface area contributed by atoms with E-state index in [0.29, 0.717) is 27.5 Å². The summed E-state index contributed by atoms with van der Waals surface area (Å²) in [7, 11) is 0. The third-order valence-corrected chi connectivity index (χ3v) is 4.18. The second-order valence-corrected chi connectivity index (χ2v) is 6.08. The van der Waals surface area contributed by atoms with Crippen molar-refractivity contribution in [1.82, 2.24) is 4.98 Å². The predicted molar refractivity (Wildman–Crippen MR) is 87.0 cm³/mol. The van der Waals surface area contributed by atoms with Crippen LogP contribution >= 0.6 is 11.3 Å². The lowest BCUT2D eigenvalue weighted by atomic mass is 9.99. The molecule has 2 aromatic carbocycles. The van der Waals surface area contributed by atoms with Crippen LogP contribution in [0, 0.1) is 12.7 Å². The van der Waals surface area contributed by atoms with Crippen molar-refractivity contribution in [1.29, 1.82) is 0 Å². The first-order chi connectivity index (χ1) is 11.3. The molecule has 1 N–H and O–H groups in total. The number of anilines is 2. The molecule has 3 aromatic rings. The number of hydrogen-bond donors (Lipinski definition) is 1. The van der Waals surface area contributed by atoms with Crippen LogP contribution in [0.3, 0.4) is 0 Å². The zero-order valence-electron chi connectivity index (χ0n) is 12.5. The van der Waals surface area contributed by atoms with Crippen LogP contribution in [0.25, 0.3) is 11.1 Å². The van der Waals surface area contributed by atoms with Crippen molar-refractivity contribution in [2.45, 2.75) is 13.1 Å². The molecule has 124 valence electrons. The summed E-state index contributed by atoms with van der Waals surface area (Å²) in [4.78, 5) is 4.07. The quantitative estimate of drug-likeness (QED) is 0.583. The molecule has 0 radical (unpaired) electrons. The Morgan fingerprint density at radius 2 is 1.88 bits per heavy atom. The number of benzene rings is 2. The Morgan fingerprint density at radius 3 is 2.50 bits per heavy atom. The average Bonchev–Trinajstić information content (AvgIpc) is 3.02. The molecule has 7 heteroatoms. The van der Waals surface area contributed by atoms with E-state index < -0.39 is 17.6 Å². The summed E-state index contributed by atoms with van der Waals surface area (Å²) < 4.78 is 52.6. The van der Waals surface area contributed by atoms with Crippen molar-refractivity contribution in [2.75, 3.05) is 5.32 Å². The highest BCUT2D eigenvalue weighted by molar-refractivity contribution is 7.13. The van der Waals surface area contributed by atoms with Gasteiger partial charge < -0.3 is 5.32 Å². The number of nitrogens with zero attached hydrogens (tertiary/aromatic N) is 1.